The minimum absolute atomic E-state index is 0.0225. The molecule has 1 aromatic heterocycles. The van der Waals surface area contributed by atoms with Gasteiger partial charge < -0.3 is 5.32 Å². The predicted octanol–water partition coefficient (Wildman–Crippen LogP) is 4.15. The summed E-state index contributed by atoms with van der Waals surface area (Å²) in [5.41, 5.74) is 0.627. The topological polar surface area (TPSA) is 64.0 Å². The van der Waals surface area contributed by atoms with Crippen molar-refractivity contribution < 1.29 is 4.79 Å². The maximum Gasteiger partial charge on any atom is 0.262 e. The molecule has 6 heteroatoms. The molecule has 1 aromatic carbocycles. The SMILES string of the molecule is CC(C)n1c(S[C@H](C)C(=O)N[C@@H]2CCCC[C@H]2C)nc2ccccc2c1=O. The lowest BCUT2D eigenvalue weighted by atomic mass is 9.86. The van der Waals surface area contributed by atoms with E-state index in [-0.39, 0.29) is 28.8 Å². The van der Waals surface area contributed by atoms with E-state index in [0.717, 1.165) is 6.42 Å². The molecule has 3 rings (SSSR count). The first-order valence-electron chi connectivity index (χ1n) is 9.86. The van der Waals surface area contributed by atoms with Crippen molar-refractivity contribution in [3.63, 3.8) is 0 Å². The molecule has 1 N–H and O–H groups in total. The first kappa shape index (κ1) is 19.9. The molecule has 0 spiro atoms. The van der Waals surface area contributed by atoms with E-state index >= 15 is 0 Å². The third kappa shape index (κ3) is 4.37. The van der Waals surface area contributed by atoms with Gasteiger partial charge in [-0.3, -0.25) is 14.2 Å². The first-order valence-corrected chi connectivity index (χ1v) is 10.7. The highest BCUT2D eigenvalue weighted by Crippen LogP contribution is 2.27. The third-order valence-electron chi connectivity index (χ3n) is 5.38. The second-order valence-corrected chi connectivity index (χ2v) is 9.13. The van der Waals surface area contributed by atoms with Crippen LogP contribution in [0.5, 0.6) is 0 Å². The van der Waals surface area contributed by atoms with Crippen molar-refractivity contribution in [1.29, 1.82) is 0 Å². The van der Waals surface area contributed by atoms with Crippen molar-refractivity contribution in [3.8, 4) is 0 Å². The molecule has 2 aromatic rings. The van der Waals surface area contributed by atoms with Gasteiger partial charge in [0.25, 0.3) is 5.56 Å². The molecule has 1 fully saturated rings. The van der Waals surface area contributed by atoms with Gasteiger partial charge in [-0.2, -0.15) is 0 Å². The van der Waals surface area contributed by atoms with E-state index < -0.39 is 0 Å². The summed E-state index contributed by atoms with van der Waals surface area (Å²) in [5, 5.41) is 4.13. The van der Waals surface area contributed by atoms with Crippen LogP contribution in [-0.4, -0.2) is 26.8 Å². The molecule has 1 aliphatic rings. The summed E-state index contributed by atoms with van der Waals surface area (Å²) in [6.45, 7) is 8.04. The number of amides is 1. The van der Waals surface area contributed by atoms with Crippen molar-refractivity contribution >= 4 is 28.6 Å². The smallest absolute Gasteiger partial charge is 0.262 e. The maximum absolute atomic E-state index is 12.9. The molecule has 0 unspecified atom stereocenters. The zero-order valence-corrected chi connectivity index (χ0v) is 17.4. The van der Waals surface area contributed by atoms with Gasteiger partial charge in [0.05, 0.1) is 16.2 Å². The maximum atomic E-state index is 12.9. The van der Waals surface area contributed by atoms with Crippen LogP contribution in [0.2, 0.25) is 0 Å². The van der Waals surface area contributed by atoms with Gasteiger partial charge in [0, 0.05) is 12.1 Å². The molecule has 0 radical (unpaired) electrons. The lowest BCUT2D eigenvalue weighted by molar-refractivity contribution is -0.121. The minimum atomic E-state index is -0.308. The standard InChI is InChI=1S/C21H29N3O2S/c1-13(2)24-20(26)16-10-6-8-12-18(16)23-21(24)27-15(4)19(25)22-17-11-7-5-9-14(17)3/h6,8,10,12-15,17H,5,7,9,11H2,1-4H3,(H,22,25)/t14-,15-,17-/m1/s1. The molecule has 3 atom stereocenters. The average Bonchev–Trinajstić information content (AvgIpc) is 2.63. The van der Waals surface area contributed by atoms with Crippen molar-refractivity contribution in [2.45, 2.75) is 75.9 Å². The summed E-state index contributed by atoms with van der Waals surface area (Å²) < 4.78 is 1.69. The lowest BCUT2D eigenvalue weighted by Gasteiger charge is -2.30. The Kier molecular flexibility index (Phi) is 6.25. The summed E-state index contributed by atoms with van der Waals surface area (Å²) in [5.74, 6) is 0.545. The van der Waals surface area contributed by atoms with Crippen molar-refractivity contribution in [3.05, 3.63) is 34.6 Å². The van der Waals surface area contributed by atoms with E-state index in [1.807, 2.05) is 39.0 Å². The summed E-state index contributed by atoms with van der Waals surface area (Å²) in [7, 11) is 0. The molecule has 0 bridgehead atoms. The van der Waals surface area contributed by atoms with E-state index in [9.17, 15) is 9.59 Å². The molecule has 27 heavy (non-hydrogen) atoms. The van der Waals surface area contributed by atoms with Gasteiger partial charge in [0.2, 0.25) is 5.91 Å². The Morgan fingerprint density at radius 1 is 1.22 bits per heavy atom. The summed E-state index contributed by atoms with van der Waals surface area (Å²) >= 11 is 1.37. The molecule has 5 nitrogen and oxygen atoms in total. The molecule has 1 saturated carbocycles. The molecular weight excluding hydrogens is 358 g/mol. The minimum Gasteiger partial charge on any atom is -0.352 e. The summed E-state index contributed by atoms with van der Waals surface area (Å²) in [6, 6.07) is 7.61. The van der Waals surface area contributed by atoms with Crippen molar-refractivity contribution in [1.82, 2.24) is 14.9 Å². The Bertz CT molecular complexity index is 877. The second-order valence-electron chi connectivity index (χ2n) is 7.82. The van der Waals surface area contributed by atoms with Crippen LogP contribution in [0.25, 0.3) is 10.9 Å². The lowest BCUT2D eigenvalue weighted by Crippen LogP contribution is -2.44. The van der Waals surface area contributed by atoms with Gasteiger partial charge in [0.1, 0.15) is 0 Å². The van der Waals surface area contributed by atoms with Crippen LogP contribution < -0.4 is 10.9 Å². The predicted molar refractivity (Wildman–Crippen MR) is 111 cm³/mol. The quantitative estimate of drug-likeness (QED) is 0.618. The number of carbonyl (C=O) groups is 1. The number of hydrogen-bond donors (Lipinski definition) is 1. The van der Waals surface area contributed by atoms with Crippen LogP contribution in [0, 0.1) is 5.92 Å². The zero-order valence-electron chi connectivity index (χ0n) is 16.6. The van der Waals surface area contributed by atoms with Gasteiger partial charge in [-0.1, -0.05) is 43.7 Å². The fourth-order valence-electron chi connectivity index (χ4n) is 3.71. The number of fused-ring (bicyclic) bond motifs is 1. The number of thioether (sulfide) groups is 1. The van der Waals surface area contributed by atoms with Crippen LogP contribution in [0.15, 0.2) is 34.2 Å². The number of rotatable bonds is 5. The molecule has 1 heterocycles. The van der Waals surface area contributed by atoms with Crippen LogP contribution in [0.4, 0.5) is 0 Å². The molecule has 0 aliphatic heterocycles. The Balaban J connectivity index is 1.83. The number of nitrogens with one attached hydrogen (secondary N) is 1. The number of aromatic nitrogens is 2. The Hall–Kier alpha value is -1.82. The summed E-state index contributed by atoms with van der Waals surface area (Å²) in [6.07, 6.45) is 4.65. The number of carbonyl (C=O) groups excluding carboxylic acids is 1. The van der Waals surface area contributed by atoms with Gasteiger partial charge in [-0.25, -0.2) is 4.98 Å². The number of benzene rings is 1. The Labute approximate surface area is 164 Å². The third-order valence-corrected chi connectivity index (χ3v) is 6.45. The van der Waals surface area contributed by atoms with Crippen molar-refractivity contribution in [2.75, 3.05) is 0 Å². The van der Waals surface area contributed by atoms with E-state index in [1.165, 1.54) is 31.0 Å². The monoisotopic (exact) mass is 387 g/mol. The average molecular weight is 388 g/mol. The fraction of sp³-hybridized carbons (Fsp3) is 0.571. The van der Waals surface area contributed by atoms with E-state index in [4.69, 9.17) is 0 Å². The van der Waals surface area contributed by atoms with Crippen molar-refractivity contribution in [2.24, 2.45) is 5.92 Å². The molecule has 146 valence electrons. The molecule has 0 saturated heterocycles. The van der Waals surface area contributed by atoms with Crippen LogP contribution in [0.1, 0.15) is 59.4 Å². The van der Waals surface area contributed by atoms with E-state index in [2.05, 4.69) is 17.2 Å². The number of hydrogen-bond acceptors (Lipinski definition) is 4. The Morgan fingerprint density at radius 2 is 1.93 bits per heavy atom. The Morgan fingerprint density at radius 3 is 2.63 bits per heavy atom. The fourth-order valence-corrected chi connectivity index (χ4v) is 4.76. The van der Waals surface area contributed by atoms with Crippen LogP contribution in [0.3, 0.4) is 0 Å². The van der Waals surface area contributed by atoms with Gasteiger partial charge >= 0.3 is 0 Å². The van der Waals surface area contributed by atoms with Gasteiger partial charge in [-0.15, -0.1) is 0 Å². The normalized spacial score (nSPS) is 21.4. The van der Waals surface area contributed by atoms with Gasteiger partial charge in [-0.05, 0) is 51.7 Å². The molecule has 1 amide bonds. The van der Waals surface area contributed by atoms with Crippen LogP contribution >= 0.6 is 11.8 Å². The van der Waals surface area contributed by atoms with E-state index in [1.54, 1.807) is 10.6 Å². The van der Waals surface area contributed by atoms with E-state index in [0.29, 0.717) is 22.0 Å². The van der Waals surface area contributed by atoms with Crippen LogP contribution in [-0.2, 0) is 4.79 Å². The highest BCUT2D eigenvalue weighted by atomic mass is 32.2. The molecular formula is C21H29N3O2S. The largest absolute Gasteiger partial charge is 0.352 e. The summed E-state index contributed by atoms with van der Waals surface area (Å²) in [4.78, 5) is 30.3. The molecule has 1 aliphatic carbocycles. The van der Waals surface area contributed by atoms with Gasteiger partial charge in [0.15, 0.2) is 5.16 Å². The number of nitrogens with zero attached hydrogens (tertiary/aromatic N) is 2. The number of para-hydroxylation sites is 1. The highest BCUT2D eigenvalue weighted by Gasteiger charge is 2.26. The second kappa shape index (κ2) is 8.46. The highest BCUT2D eigenvalue weighted by molar-refractivity contribution is 8.00. The zero-order chi connectivity index (χ0) is 19.6. The first-order chi connectivity index (χ1) is 12.9.